The number of piperazine rings is 1. The summed E-state index contributed by atoms with van der Waals surface area (Å²) in [5.41, 5.74) is 7.32. The molecule has 0 saturated carbocycles. The van der Waals surface area contributed by atoms with Crippen LogP contribution in [0, 0.1) is 17.1 Å². The molecular weight excluding hydrogens is 568 g/mol. The Bertz CT molecular complexity index is 1870. The Hall–Kier alpha value is -3.59. The molecule has 4 saturated heterocycles. The first-order valence-electron chi connectivity index (χ1n) is 15.2. The van der Waals surface area contributed by atoms with Gasteiger partial charge >= 0.3 is 0 Å². The molecule has 4 aliphatic heterocycles. The van der Waals surface area contributed by atoms with Crippen molar-refractivity contribution in [1.82, 2.24) is 20.0 Å². The smallest absolute Gasteiger partial charge is 0.274 e. The number of nitrogens with zero attached hydrogens (tertiary/aromatic N) is 5. The number of rotatable bonds is 5. The number of nitrogens with one attached hydrogen (secondary N) is 1. The summed E-state index contributed by atoms with van der Waals surface area (Å²) < 4.78 is 31.2. The summed E-state index contributed by atoms with van der Waals surface area (Å²) >= 11 is 1.06. The third kappa shape index (κ3) is 4.25. The number of hydrogen-bond donors (Lipinski definition) is 2. The number of hydrogen-bond acceptors (Lipinski definition) is 8. The SMILES string of the molecule is N#Cc1c(N)sc2c(F)ccc(-c3ccc4c(N5CC6CCC(C5)N6)nn(CCC56CCCN5C[C@H](F)C6)c(=O)c4c3)c12. The van der Waals surface area contributed by atoms with Gasteiger partial charge in [-0.15, -0.1) is 11.3 Å². The van der Waals surface area contributed by atoms with Crippen molar-refractivity contribution in [2.24, 2.45) is 0 Å². The molecule has 4 fully saturated rings. The Balaban J connectivity index is 1.27. The number of halogens is 2. The van der Waals surface area contributed by atoms with Crippen LogP contribution >= 0.6 is 11.3 Å². The number of aromatic nitrogens is 2. The molecule has 222 valence electrons. The third-order valence-electron chi connectivity index (χ3n) is 10.2. The second-order valence-electron chi connectivity index (χ2n) is 12.7. The van der Waals surface area contributed by atoms with E-state index in [4.69, 9.17) is 10.8 Å². The van der Waals surface area contributed by atoms with Crippen LogP contribution in [0.3, 0.4) is 0 Å². The Morgan fingerprint density at radius 1 is 1.16 bits per heavy atom. The molecule has 3 unspecified atom stereocenters. The van der Waals surface area contributed by atoms with Crippen LogP contribution in [0.4, 0.5) is 19.6 Å². The number of nitrogen functional groups attached to an aromatic ring is 1. The predicted octanol–water partition coefficient (Wildman–Crippen LogP) is 4.78. The molecule has 2 aromatic heterocycles. The Morgan fingerprint density at radius 2 is 1.98 bits per heavy atom. The highest BCUT2D eigenvalue weighted by molar-refractivity contribution is 7.23. The zero-order valence-electron chi connectivity index (χ0n) is 23.8. The number of aryl methyl sites for hydroxylation is 1. The molecule has 2 aromatic carbocycles. The summed E-state index contributed by atoms with van der Waals surface area (Å²) in [6.45, 7) is 3.43. The van der Waals surface area contributed by atoms with Gasteiger partial charge in [-0.1, -0.05) is 12.1 Å². The van der Waals surface area contributed by atoms with Gasteiger partial charge in [-0.3, -0.25) is 9.69 Å². The van der Waals surface area contributed by atoms with Gasteiger partial charge in [0, 0.05) is 54.6 Å². The minimum absolute atomic E-state index is 0.196. The molecule has 43 heavy (non-hydrogen) atoms. The molecule has 0 radical (unpaired) electrons. The topological polar surface area (TPSA) is 103 Å². The van der Waals surface area contributed by atoms with Gasteiger partial charge in [-0.25, -0.2) is 13.5 Å². The normalized spacial score (nSPS) is 26.9. The van der Waals surface area contributed by atoms with E-state index in [-0.39, 0.29) is 21.7 Å². The number of nitriles is 1. The van der Waals surface area contributed by atoms with Crippen molar-refractivity contribution in [1.29, 1.82) is 5.26 Å². The number of anilines is 2. The summed E-state index contributed by atoms with van der Waals surface area (Å²) in [5.74, 6) is 0.361. The molecule has 0 aliphatic carbocycles. The fourth-order valence-corrected chi connectivity index (χ4v) is 9.21. The lowest BCUT2D eigenvalue weighted by Gasteiger charge is -2.35. The fourth-order valence-electron chi connectivity index (χ4n) is 8.26. The van der Waals surface area contributed by atoms with Crippen LogP contribution in [0.25, 0.3) is 32.0 Å². The minimum Gasteiger partial charge on any atom is -0.389 e. The molecule has 2 bridgehead atoms. The first kappa shape index (κ1) is 27.0. The Kier molecular flexibility index (Phi) is 6.26. The second kappa shape index (κ2) is 9.97. The first-order chi connectivity index (χ1) is 20.8. The third-order valence-corrected chi connectivity index (χ3v) is 11.3. The first-order valence-corrected chi connectivity index (χ1v) is 16.0. The van der Waals surface area contributed by atoms with E-state index in [1.165, 1.54) is 6.07 Å². The number of thiophene rings is 1. The van der Waals surface area contributed by atoms with Gasteiger partial charge in [0.1, 0.15) is 23.1 Å². The van der Waals surface area contributed by atoms with Crippen molar-refractivity contribution in [3.05, 3.63) is 52.1 Å². The second-order valence-corrected chi connectivity index (χ2v) is 13.8. The lowest BCUT2D eigenvalue weighted by atomic mass is 9.90. The van der Waals surface area contributed by atoms with Crippen molar-refractivity contribution in [3.63, 3.8) is 0 Å². The molecule has 0 amide bonds. The van der Waals surface area contributed by atoms with Gasteiger partial charge in [0.05, 0.1) is 15.6 Å². The fraction of sp³-hybridized carbons (Fsp3) is 0.469. The summed E-state index contributed by atoms with van der Waals surface area (Å²) in [7, 11) is 0. The average Bonchev–Trinajstić information content (AvgIpc) is 3.73. The summed E-state index contributed by atoms with van der Waals surface area (Å²) in [6.07, 6.45) is 4.60. The molecule has 4 aliphatic rings. The van der Waals surface area contributed by atoms with E-state index in [0.717, 1.165) is 67.9 Å². The molecule has 4 aromatic rings. The van der Waals surface area contributed by atoms with Crippen molar-refractivity contribution < 1.29 is 8.78 Å². The summed E-state index contributed by atoms with van der Waals surface area (Å²) in [5, 5.41) is 20.6. The van der Waals surface area contributed by atoms with Gasteiger partial charge in [0.15, 0.2) is 5.82 Å². The van der Waals surface area contributed by atoms with Crippen molar-refractivity contribution in [2.75, 3.05) is 36.8 Å². The molecule has 3 N–H and O–H groups in total. The molecule has 0 spiro atoms. The highest BCUT2D eigenvalue weighted by Gasteiger charge is 2.48. The molecule has 6 heterocycles. The van der Waals surface area contributed by atoms with Gasteiger partial charge < -0.3 is 16.0 Å². The van der Waals surface area contributed by atoms with Gasteiger partial charge in [-0.2, -0.15) is 10.4 Å². The average molecular weight is 602 g/mol. The van der Waals surface area contributed by atoms with E-state index < -0.39 is 12.0 Å². The Labute approximate surface area is 251 Å². The number of alkyl halides is 1. The van der Waals surface area contributed by atoms with Crippen molar-refractivity contribution >= 4 is 43.0 Å². The van der Waals surface area contributed by atoms with Gasteiger partial charge in [-0.05, 0) is 74.4 Å². The maximum Gasteiger partial charge on any atom is 0.274 e. The van der Waals surface area contributed by atoms with Crippen LogP contribution in [0.2, 0.25) is 0 Å². The Morgan fingerprint density at radius 3 is 2.77 bits per heavy atom. The van der Waals surface area contributed by atoms with E-state index in [1.54, 1.807) is 10.7 Å². The van der Waals surface area contributed by atoms with Crippen molar-refractivity contribution in [2.45, 2.75) is 68.9 Å². The molecule has 8 rings (SSSR count). The zero-order chi connectivity index (χ0) is 29.5. The number of benzene rings is 2. The molecule has 11 heteroatoms. The maximum absolute atomic E-state index is 14.8. The molecule has 8 nitrogen and oxygen atoms in total. The van der Waals surface area contributed by atoms with Crippen LogP contribution in [0.5, 0.6) is 0 Å². The van der Waals surface area contributed by atoms with Crippen molar-refractivity contribution in [3.8, 4) is 17.2 Å². The quantitative estimate of drug-likeness (QED) is 0.340. The van der Waals surface area contributed by atoms with E-state index in [0.29, 0.717) is 64.6 Å². The van der Waals surface area contributed by atoms with E-state index >= 15 is 0 Å². The highest BCUT2D eigenvalue weighted by atomic mass is 32.1. The van der Waals surface area contributed by atoms with Crippen LogP contribution in [0.15, 0.2) is 35.1 Å². The lowest BCUT2D eigenvalue weighted by molar-refractivity contribution is 0.172. The summed E-state index contributed by atoms with van der Waals surface area (Å²) in [4.78, 5) is 18.7. The minimum atomic E-state index is -0.826. The van der Waals surface area contributed by atoms with Crippen LogP contribution in [0.1, 0.15) is 44.1 Å². The molecule has 4 atom stereocenters. The van der Waals surface area contributed by atoms with E-state index in [9.17, 15) is 18.8 Å². The van der Waals surface area contributed by atoms with E-state index in [2.05, 4.69) is 21.2 Å². The monoisotopic (exact) mass is 601 g/mol. The lowest BCUT2D eigenvalue weighted by Crippen LogP contribution is -2.51. The van der Waals surface area contributed by atoms with Crippen LogP contribution in [-0.4, -0.2) is 64.7 Å². The molecular formula is C32H33F2N7OS. The highest BCUT2D eigenvalue weighted by Crippen LogP contribution is 2.44. The van der Waals surface area contributed by atoms with Crippen LogP contribution in [-0.2, 0) is 6.54 Å². The van der Waals surface area contributed by atoms with Gasteiger partial charge in [0.25, 0.3) is 5.56 Å². The van der Waals surface area contributed by atoms with E-state index in [1.807, 2.05) is 18.2 Å². The largest absolute Gasteiger partial charge is 0.389 e. The standard InChI is InChI=1S/C32H33F2N7OS/c33-19-13-32(8-1-10-40(32)15-19)9-11-41-31(42)24-12-18(22-6-7-26(34)28-27(22)25(14-35)29(36)43-28)2-5-23(24)30(38-41)39-16-20-3-4-21(17-39)37-20/h2,5-7,12,19-21,37H,1,3-4,8-11,13,15-17,36H2/t19-,20?,21?,32?/m1/s1. The zero-order valence-corrected chi connectivity index (χ0v) is 24.6. The summed E-state index contributed by atoms with van der Waals surface area (Å²) in [6, 6.07) is 11.7. The predicted molar refractivity (Wildman–Crippen MR) is 166 cm³/mol. The number of nitrogens with two attached hydrogens (primary N) is 1. The van der Waals surface area contributed by atoms with Gasteiger partial charge in [0.2, 0.25) is 0 Å². The number of fused-ring (bicyclic) bond motifs is 5. The maximum atomic E-state index is 14.8. The van der Waals surface area contributed by atoms with Crippen LogP contribution < -0.4 is 21.5 Å².